The smallest absolute Gasteiger partial charge is 0.322 e. The molecule has 3 aliphatic rings. The summed E-state index contributed by atoms with van der Waals surface area (Å²) in [4.78, 5) is 25.7. The SMILES string of the molecule is CCN1C[C@H]2CC[C@H](C1)C21NC(=O)NC1=O. The summed E-state index contributed by atoms with van der Waals surface area (Å²) >= 11 is 0. The largest absolute Gasteiger partial charge is 0.323 e. The number of imide groups is 1. The third-order valence-electron chi connectivity index (χ3n) is 4.48. The van der Waals surface area contributed by atoms with Gasteiger partial charge >= 0.3 is 6.03 Å². The van der Waals surface area contributed by atoms with Gasteiger partial charge in [-0.1, -0.05) is 6.92 Å². The molecule has 1 aliphatic carbocycles. The summed E-state index contributed by atoms with van der Waals surface area (Å²) in [5, 5.41) is 5.30. The van der Waals surface area contributed by atoms with Crippen LogP contribution in [0.3, 0.4) is 0 Å². The Morgan fingerprint density at radius 1 is 1.31 bits per heavy atom. The molecule has 1 spiro atoms. The molecule has 2 aliphatic heterocycles. The molecule has 88 valence electrons. The van der Waals surface area contributed by atoms with E-state index < -0.39 is 5.54 Å². The molecule has 2 bridgehead atoms. The Morgan fingerprint density at radius 2 is 1.94 bits per heavy atom. The van der Waals surface area contributed by atoms with E-state index in [1.807, 2.05) is 0 Å². The average molecular weight is 223 g/mol. The van der Waals surface area contributed by atoms with Crippen molar-refractivity contribution in [2.45, 2.75) is 25.3 Å². The van der Waals surface area contributed by atoms with Crippen molar-refractivity contribution in [3.63, 3.8) is 0 Å². The molecule has 2 atom stereocenters. The van der Waals surface area contributed by atoms with Crippen LogP contribution < -0.4 is 10.6 Å². The van der Waals surface area contributed by atoms with Gasteiger partial charge in [0.15, 0.2) is 0 Å². The van der Waals surface area contributed by atoms with E-state index in [2.05, 4.69) is 22.5 Å². The van der Waals surface area contributed by atoms with E-state index in [9.17, 15) is 9.59 Å². The molecule has 0 radical (unpaired) electrons. The molecular weight excluding hydrogens is 206 g/mol. The Kier molecular flexibility index (Phi) is 2.01. The third-order valence-corrected chi connectivity index (χ3v) is 4.48. The van der Waals surface area contributed by atoms with Gasteiger partial charge in [0.25, 0.3) is 5.91 Å². The molecule has 2 N–H and O–H groups in total. The molecule has 5 nitrogen and oxygen atoms in total. The summed E-state index contributed by atoms with van der Waals surface area (Å²) in [6.45, 7) is 5.03. The first kappa shape index (κ1) is 10.1. The van der Waals surface area contributed by atoms with Gasteiger partial charge < -0.3 is 10.2 Å². The molecular formula is C11H17N3O2. The minimum absolute atomic E-state index is 0.0965. The molecule has 3 rings (SSSR count). The third kappa shape index (κ3) is 1.09. The van der Waals surface area contributed by atoms with Gasteiger partial charge in [-0.05, 0) is 19.4 Å². The van der Waals surface area contributed by atoms with Crippen molar-refractivity contribution < 1.29 is 9.59 Å². The number of piperidine rings is 1. The lowest BCUT2D eigenvalue weighted by atomic mass is 9.77. The Bertz CT molecular complexity index is 341. The number of amides is 3. The monoisotopic (exact) mass is 223 g/mol. The van der Waals surface area contributed by atoms with E-state index >= 15 is 0 Å². The van der Waals surface area contributed by atoms with E-state index in [0.717, 1.165) is 32.5 Å². The number of nitrogens with zero attached hydrogens (tertiary/aromatic N) is 1. The van der Waals surface area contributed by atoms with Crippen molar-refractivity contribution in [3.05, 3.63) is 0 Å². The van der Waals surface area contributed by atoms with Crippen LogP contribution in [0.25, 0.3) is 0 Å². The van der Waals surface area contributed by atoms with E-state index in [-0.39, 0.29) is 23.8 Å². The Balaban J connectivity index is 1.93. The molecule has 2 heterocycles. The van der Waals surface area contributed by atoms with Crippen LogP contribution in [0.5, 0.6) is 0 Å². The Morgan fingerprint density at radius 3 is 2.38 bits per heavy atom. The quantitative estimate of drug-likeness (QED) is 0.612. The van der Waals surface area contributed by atoms with Crippen molar-refractivity contribution in [1.82, 2.24) is 15.5 Å². The molecule has 5 heteroatoms. The molecule has 0 aromatic rings. The second kappa shape index (κ2) is 3.20. The Labute approximate surface area is 94.6 Å². The van der Waals surface area contributed by atoms with E-state index in [1.54, 1.807) is 0 Å². The fourth-order valence-electron chi connectivity index (χ4n) is 3.68. The van der Waals surface area contributed by atoms with Crippen molar-refractivity contribution in [2.75, 3.05) is 19.6 Å². The van der Waals surface area contributed by atoms with Crippen LogP contribution in [-0.2, 0) is 4.79 Å². The topological polar surface area (TPSA) is 61.4 Å². The zero-order chi connectivity index (χ0) is 11.3. The highest BCUT2D eigenvalue weighted by Gasteiger charge is 2.62. The second-order valence-corrected chi connectivity index (χ2v) is 5.10. The van der Waals surface area contributed by atoms with E-state index in [1.165, 1.54) is 0 Å². The highest BCUT2D eigenvalue weighted by Crippen LogP contribution is 2.46. The summed E-state index contributed by atoms with van der Waals surface area (Å²) in [6.07, 6.45) is 2.10. The van der Waals surface area contributed by atoms with Crippen molar-refractivity contribution in [3.8, 4) is 0 Å². The molecule has 3 fully saturated rings. The van der Waals surface area contributed by atoms with Crippen molar-refractivity contribution >= 4 is 11.9 Å². The standard InChI is InChI=1S/C11H17N3O2/c1-2-14-5-7-3-4-8(6-14)11(7)9(15)12-10(16)13-11/h7-8H,2-6H2,1H3,(H2,12,13,15,16)/t7-,8-/m1/s1. The molecule has 1 saturated carbocycles. The van der Waals surface area contributed by atoms with Gasteiger partial charge in [-0.25, -0.2) is 4.79 Å². The maximum Gasteiger partial charge on any atom is 0.322 e. The number of carbonyl (C=O) groups is 2. The van der Waals surface area contributed by atoms with Crippen molar-refractivity contribution in [2.24, 2.45) is 11.8 Å². The first-order valence-corrected chi connectivity index (χ1v) is 6.02. The Hall–Kier alpha value is -1.10. The average Bonchev–Trinajstić information content (AvgIpc) is 2.63. The molecule has 0 aromatic carbocycles. The summed E-state index contributed by atoms with van der Waals surface area (Å²) < 4.78 is 0. The number of urea groups is 1. The maximum absolute atomic E-state index is 12.0. The first-order chi connectivity index (χ1) is 7.66. The minimum atomic E-state index is -0.581. The fraction of sp³-hybridized carbons (Fsp3) is 0.818. The highest BCUT2D eigenvalue weighted by atomic mass is 16.2. The van der Waals surface area contributed by atoms with Gasteiger partial charge in [0.2, 0.25) is 0 Å². The van der Waals surface area contributed by atoms with Gasteiger partial charge in [-0.15, -0.1) is 0 Å². The summed E-state index contributed by atoms with van der Waals surface area (Å²) in [5.74, 6) is 0.482. The molecule has 2 saturated heterocycles. The van der Waals surface area contributed by atoms with Gasteiger partial charge in [0.1, 0.15) is 5.54 Å². The normalized spacial score (nSPS) is 42.6. The number of nitrogens with one attached hydrogen (secondary N) is 2. The summed E-state index contributed by atoms with van der Waals surface area (Å²) in [7, 11) is 0. The lowest BCUT2D eigenvalue weighted by molar-refractivity contribution is -0.129. The zero-order valence-electron chi connectivity index (χ0n) is 9.45. The molecule has 16 heavy (non-hydrogen) atoms. The van der Waals surface area contributed by atoms with Crippen LogP contribution in [0.2, 0.25) is 0 Å². The van der Waals surface area contributed by atoms with Crippen LogP contribution in [0.15, 0.2) is 0 Å². The highest BCUT2D eigenvalue weighted by molar-refractivity contribution is 6.07. The van der Waals surface area contributed by atoms with Gasteiger partial charge in [0.05, 0.1) is 0 Å². The fourth-order valence-corrected chi connectivity index (χ4v) is 3.68. The number of rotatable bonds is 1. The predicted molar refractivity (Wildman–Crippen MR) is 57.7 cm³/mol. The van der Waals surface area contributed by atoms with Crippen LogP contribution in [0.1, 0.15) is 19.8 Å². The zero-order valence-corrected chi connectivity index (χ0v) is 9.45. The lowest BCUT2D eigenvalue weighted by Crippen LogP contribution is -2.63. The number of carbonyl (C=O) groups excluding carboxylic acids is 2. The number of hydrogen-bond acceptors (Lipinski definition) is 3. The summed E-state index contributed by atoms with van der Waals surface area (Å²) in [6, 6.07) is -0.313. The molecule has 0 unspecified atom stereocenters. The first-order valence-electron chi connectivity index (χ1n) is 6.02. The lowest BCUT2D eigenvalue weighted by Gasteiger charge is -2.43. The van der Waals surface area contributed by atoms with Crippen LogP contribution >= 0.6 is 0 Å². The van der Waals surface area contributed by atoms with E-state index in [4.69, 9.17) is 0 Å². The molecule has 0 aromatic heterocycles. The van der Waals surface area contributed by atoms with Crippen molar-refractivity contribution in [1.29, 1.82) is 0 Å². The van der Waals surface area contributed by atoms with Crippen LogP contribution in [0.4, 0.5) is 4.79 Å². The van der Waals surface area contributed by atoms with Gasteiger partial charge in [-0.3, -0.25) is 10.1 Å². The van der Waals surface area contributed by atoms with Gasteiger partial charge in [-0.2, -0.15) is 0 Å². The maximum atomic E-state index is 12.0. The second-order valence-electron chi connectivity index (χ2n) is 5.10. The number of hydrogen-bond donors (Lipinski definition) is 2. The molecule has 3 amide bonds. The number of likely N-dealkylation sites (tertiary alicyclic amines) is 1. The van der Waals surface area contributed by atoms with Gasteiger partial charge in [0, 0.05) is 24.9 Å². The van der Waals surface area contributed by atoms with Crippen LogP contribution in [-0.4, -0.2) is 42.0 Å². The van der Waals surface area contributed by atoms with Crippen LogP contribution in [0, 0.1) is 11.8 Å². The predicted octanol–water partition coefficient (Wildman–Crippen LogP) is -0.0737. The minimum Gasteiger partial charge on any atom is -0.323 e. The van der Waals surface area contributed by atoms with E-state index in [0.29, 0.717) is 0 Å². The summed E-state index contributed by atoms with van der Waals surface area (Å²) in [5.41, 5.74) is -0.581.